The first-order chi connectivity index (χ1) is 5.65. The quantitative estimate of drug-likeness (QED) is 0.785. The molecule has 0 aliphatic heterocycles. The van der Waals surface area contributed by atoms with Gasteiger partial charge < -0.3 is 5.73 Å². The number of hydrogen-bond acceptors (Lipinski definition) is 2. The first-order valence-corrected chi connectivity index (χ1v) is 3.98. The molecule has 1 rings (SSSR count). The lowest BCUT2D eigenvalue weighted by Gasteiger charge is -2.07. The first kappa shape index (κ1) is 12.2. The summed E-state index contributed by atoms with van der Waals surface area (Å²) in [5.74, 6) is 0. The van der Waals surface area contributed by atoms with Crippen molar-refractivity contribution in [1.82, 2.24) is 0 Å². The van der Waals surface area contributed by atoms with Gasteiger partial charge in [-0.3, -0.25) is 0 Å². The molecule has 0 spiro atoms. The summed E-state index contributed by atoms with van der Waals surface area (Å²) < 4.78 is 0. The van der Waals surface area contributed by atoms with E-state index in [0.29, 0.717) is 10.6 Å². The Morgan fingerprint density at radius 2 is 2.15 bits per heavy atom. The van der Waals surface area contributed by atoms with E-state index in [1.807, 2.05) is 13.0 Å². The zero-order chi connectivity index (χ0) is 9.14. The summed E-state index contributed by atoms with van der Waals surface area (Å²) in [5.41, 5.74) is 7.07. The topological polar surface area (TPSA) is 49.8 Å². The molecule has 0 saturated heterocycles. The highest BCUT2D eigenvalue weighted by atomic mass is 35.5. The zero-order valence-electron chi connectivity index (χ0n) is 7.12. The molecule has 0 aliphatic carbocycles. The maximum Gasteiger partial charge on any atom is 0.0992 e. The summed E-state index contributed by atoms with van der Waals surface area (Å²) in [6.45, 7) is 1.85. The maximum atomic E-state index is 8.55. The molecule has 0 amide bonds. The van der Waals surface area contributed by atoms with Gasteiger partial charge in [0.1, 0.15) is 0 Å². The van der Waals surface area contributed by atoms with E-state index in [1.165, 1.54) is 0 Å². The fourth-order valence-electron chi connectivity index (χ4n) is 0.966. The number of rotatable bonds is 1. The van der Waals surface area contributed by atoms with Crippen LogP contribution in [0.4, 0.5) is 0 Å². The Morgan fingerprint density at radius 3 is 2.54 bits per heavy atom. The van der Waals surface area contributed by atoms with E-state index >= 15 is 0 Å². The van der Waals surface area contributed by atoms with Crippen LogP contribution in [0.2, 0.25) is 5.02 Å². The molecule has 0 bridgehead atoms. The average Bonchev–Trinajstić information content (AvgIpc) is 2.03. The second kappa shape index (κ2) is 5.08. The highest BCUT2D eigenvalue weighted by molar-refractivity contribution is 6.31. The molecular weight excluding hydrogens is 207 g/mol. The summed E-state index contributed by atoms with van der Waals surface area (Å²) in [6, 6.07) is 7.04. The van der Waals surface area contributed by atoms with Crippen LogP contribution in [0, 0.1) is 11.3 Å². The van der Waals surface area contributed by atoms with Crippen LogP contribution in [0.15, 0.2) is 18.2 Å². The lowest BCUT2D eigenvalue weighted by Crippen LogP contribution is -2.05. The number of benzene rings is 1. The van der Waals surface area contributed by atoms with Crippen LogP contribution in [-0.2, 0) is 0 Å². The predicted molar refractivity (Wildman–Crippen MR) is 56.0 cm³/mol. The van der Waals surface area contributed by atoms with Crippen LogP contribution in [0.1, 0.15) is 24.1 Å². The van der Waals surface area contributed by atoms with Crippen LogP contribution < -0.4 is 5.73 Å². The number of hydrogen-bond donors (Lipinski definition) is 1. The van der Waals surface area contributed by atoms with E-state index in [0.717, 1.165) is 5.56 Å². The molecule has 0 radical (unpaired) electrons. The Labute approximate surface area is 88.7 Å². The minimum Gasteiger partial charge on any atom is -0.324 e. The predicted octanol–water partition coefficient (Wildman–Crippen LogP) is 2.65. The van der Waals surface area contributed by atoms with Gasteiger partial charge >= 0.3 is 0 Å². The SMILES string of the molecule is C[C@@H](N)c1ccc(C#N)cc1Cl.Cl. The Kier molecular flexibility index (Phi) is 4.79. The second-order valence-corrected chi connectivity index (χ2v) is 3.04. The van der Waals surface area contributed by atoms with E-state index in [-0.39, 0.29) is 18.4 Å². The van der Waals surface area contributed by atoms with E-state index in [9.17, 15) is 0 Å². The van der Waals surface area contributed by atoms with Gasteiger partial charge in [-0.1, -0.05) is 17.7 Å². The van der Waals surface area contributed by atoms with Crippen LogP contribution in [0.3, 0.4) is 0 Å². The lowest BCUT2D eigenvalue weighted by molar-refractivity contribution is 0.818. The van der Waals surface area contributed by atoms with Crippen LogP contribution in [0.25, 0.3) is 0 Å². The fraction of sp³-hybridized carbons (Fsp3) is 0.222. The van der Waals surface area contributed by atoms with Crippen molar-refractivity contribution < 1.29 is 0 Å². The third-order valence-electron chi connectivity index (χ3n) is 1.62. The molecule has 0 fully saturated rings. The monoisotopic (exact) mass is 216 g/mol. The highest BCUT2D eigenvalue weighted by Crippen LogP contribution is 2.22. The molecule has 1 aromatic carbocycles. The van der Waals surface area contributed by atoms with Gasteiger partial charge in [0, 0.05) is 11.1 Å². The number of halogens is 2. The minimum atomic E-state index is -0.0924. The van der Waals surface area contributed by atoms with Gasteiger partial charge in [-0.15, -0.1) is 12.4 Å². The van der Waals surface area contributed by atoms with Crippen molar-refractivity contribution in [3.63, 3.8) is 0 Å². The van der Waals surface area contributed by atoms with E-state index in [1.54, 1.807) is 18.2 Å². The third kappa shape index (κ3) is 2.89. The molecule has 1 atom stereocenters. The number of nitrogens with zero attached hydrogens (tertiary/aromatic N) is 1. The minimum absolute atomic E-state index is 0. The standard InChI is InChI=1S/C9H9ClN2.ClH/c1-6(12)8-3-2-7(5-11)4-9(8)10;/h2-4,6H,12H2,1H3;1H/t6-;/m1./s1. The molecule has 0 saturated carbocycles. The highest BCUT2D eigenvalue weighted by Gasteiger charge is 2.04. The molecule has 4 heteroatoms. The van der Waals surface area contributed by atoms with Gasteiger partial charge in [0.05, 0.1) is 11.6 Å². The zero-order valence-corrected chi connectivity index (χ0v) is 8.69. The molecule has 0 unspecified atom stereocenters. The van der Waals surface area contributed by atoms with E-state index in [4.69, 9.17) is 22.6 Å². The van der Waals surface area contributed by atoms with Gasteiger partial charge in [-0.2, -0.15) is 5.26 Å². The summed E-state index contributed by atoms with van der Waals surface area (Å²) >= 11 is 5.87. The third-order valence-corrected chi connectivity index (χ3v) is 1.95. The van der Waals surface area contributed by atoms with Crippen molar-refractivity contribution in [2.75, 3.05) is 0 Å². The molecule has 0 aliphatic rings. The van der Waals surface area contributed by atoms with Gasteiger partial charge in [-0.05, 0) is 24.6 Å². The van der Waals surface area contributed by atoms with Crippen molar-refractivity contribution in [2.24, 2.45) is 5.73 Å². The van der Waals surface area contributed by atoms with Gasteiger partial charge in [0.2, 0.25) is 0 Å². The Hall–Kier alpha value is -0.750. The Bertz CT molecular complexity index is 329. The molecule has 1 aromatic rings. The fourth-order valence-corrected chi connectivity index (χ4v) is 1.32. The molecular formula is C9H10Cl2N2. The molecule has 13 heavy (non-hydrogen) atoms. The number of nitrogens with two attached hydrogens (primary N) is 1. The van der Waals surface area contributed by atoms with Crippen molar-refractivity contribution >= 4 is 24.0 Å². The van der Waals surface area contributed by atoms with Crippen molar-refractivity contribution in [1.29, 1.82) is 5.26 Å². The van der Waals surface area contributed by atoms with Crippen LogP contribution >= 0.6 is 24.0 Å². The van der Waals surface area contributed by atoms with E-state index in [2.05, 4.69) is 0 Å². The van der Waals surface area contributed by atoms with Gasteiger partial charge in [-0.25, -0.2) is 0 Å². The molecule has 0 aromatic heterocycles. The molecule has 70 valence electrons. The van der Waals surface area contributed by atoms with Crippen LogP contribution in [-0.4, -0.2) is 0 Å². The second-order valence-electron chi connectivity index (χ2n) is 2.64. The first-order valence-electron chi connectivity index (χ1n) is 3.60. The van der Waals surface area contributed by atoms with Crippen molar-refractivity contribution in [2.45, 2.75) is 13.0 Å². The summed E-state index contributed by atoms with van der Waals surface area (Å²) in [5, 5.41) is 9.11. The molecule has 2 nitrogen and oxygen atoms in total. The van der Waals surface area contributed by atoms with Gasteiger partial charge in [0.25, 0.3) is 0 Å². The van der Waals surface area contributed by atoms with Crippen LogP contribution in [0.5, 0.6) is 0 Å². The lowest BCUT2D eigenvalue weighted by atomic mass is 10.1. The largest absolute Gasteiger partial charge is 0.324 e. The van der Waals surface area contributed by atoms with E-state index < -0.39 is 0 Å². The maximum absolute atomic E-state index is 8.55. The molecule has 2 N–H and O–H groups in total. The normalized spacial score (nSPS) is 11.2. The average molecular weight is 217 g/mol. The smallest absolute Gasteiger partial charge is 0.0992 e. The van der Waals surface area contributed by atoms with Crippen molar-refractivity contribution in [3.8, 4) is 6.07 Å². The summed E-state index contributed by atoms with van der Waals surface area (Å²) in [4.78, 5) is 0. The Balaban J connectivity index is 0.00000144. The van der Waals surface area contributed by atoms with Crippen molar-refractivity contribution in [3.05, 3.63) is 34.3 Å². The summed E-state index contributed by atoms with van der Waals surface area (Å²) in [6.07, 6.45) is 0. The summed E-state index contributed by atoms with van der Waals surface area (Å²) in [7, 11) is 0. The number of nitriles is 1. The molecule has 0 heterocycles. The Morgan fingerprint density at radius 1 is 1.54 bits per heavy atom. The van der Waals surface area contributed by atoms with Gasteiger partial charge in [0.15, 0.2) is 0 Å².